The van der Waals surface area contributed by atoms with E-state index in [4.69, 9.17) is 29.8 Å². The molecule has 0 aliphatic heterocycles. The molecule has 0 atom stereocenters. The van der Waals surface area contributed by atoms with Gasteiger partial charge in [0.15, 0.2) is 5.69 Å². The van der Waals surface area contributed by atoms with Crippen LogP contribution < -0.4 is 5.32 Å². The normalized spacial score (nSPS) is 9.89. The van der Waals surface area contributed by atoms with Crippen LogP contribution in [0, 0.1) is 13.5 Å². The van der Waals surface area contributed by atoms with Gasteiger partial charge < -0.3 is 5.32 Å². The summed E-state index contributed by atoms with van der Waals surface area (Å²) in [5.74, 6) is 0. The standard InChI is InChI=1S/C13H9Cl2N3/c1-8-11(5-6-17-13(8)15)18-12-4-3-9(16-2)7-10(12)14/h3-7H,1H3,(H,17,18). The Labute approximate surface area is 115 Å². The van der Waals surface area contributed by atoms with Crippen molar-refractivity contribution in [3.05, 3.63) is 57.6 Å². The van der Waals surface area contributed by atoms with Crippen LogP contribution in [0.4, 0.5) is 17.1 Å². The van der Waals surface area contributed by atoms with Crippen LogP contribution in [-0.2, 0) is 0 Å². The SMILES string of the molecule is [C-]#[N+]c1ccc(Nc2ccnc(Cl)c2C)c(Cl)c1. The van der Waals surface area contributed by atoms with Crippen molar-refractivity contribution in [2.45, 2.75) is 6.92 Å². The largest absolute Gasteiger partial charge is 0.354 e. The lowest BCUT2D eigenvalue weighted by molar-refractivity contribution is 1.26. The minimum atomic E-state index is 0.453. The fourth-order valence-electron chi connectivity index (χ4n) is 1.47. The van der Waals surface area contributed by atoms with Gasteiger partial charge in [-0.3, -0.25) is 0 Å². The minimum Gasteiger partial charge on any atom is -0.354 e. The summed E-state index contributed by atoms with van der Waals surface area (Å²) >= 11 is 12.0. The summed E-state index contributed by atoms with van der Waals surface area (Å²) in [6, 6.07) is 6.91. The number of halogens is 2. The van der Waals surface area contributed by atoms with Gasteiger partial charge in [0.25, 0.3) is 0 Å². The second-order valence-corrected chi connectivity index (χ2v) is 4.44. The number of anilines is 2. The average Bonchev–Trinajstić information content (AvgIpc) is 2.37. The Balaban J connectivity index is 2.35. The van der Waals surface area contributed by atoms with E-state index in [0.717, 1.165) is 16.9 Å². The maximum absolute atomic E-state index is 6.91. The smallest absolute Gasteiger partial charge is 0.188 e. The highest BCUT2D eigenvalue weighted by Gasteiger charge is 2.06. The van der Waals surface area contributed by atoms with Gasteiger partial charge in [-0.25, -0.2) is 9.83 Å². The maximum Gasteiger partial charge on any atom is 0.188 e. The number of rotatable bonds is 2. The van der Waals surface area contributed by atoms with E-state index in [1.54, 1.807) is 24.4 Å². The molecule has 90 valence electrons. The molecule has 0 amide bonds. The van der Waals surface area contributed by atoms with E-state index >= 15 is 0 Å². The zero-order valence-electron chi connectivity index (χ0n) is 9.54. The van der Waals surface area contributed by atoms with Crippen molar-refractivity contribution in [3.8, 4) is 0 Å². The van der Waals surface area contributed by atoms with Crippen molar-refractivity contribution >= 4 is 40.3 Å². The van der Waals surface area contributed by atoms with E-state index in [1.165, 1.54) is 0 Å². The molecule has 0 aliphatic rings. The highest BCUT2D eigenvalue weighted by Crippen LogP contribution is 2.31. The molecule has 0 unspecified atom stereocenters. The number of aromatic nitrogens is 1. The Morgan fingerprint density at radius 3 is 2.67 bits per heavy atom. The first-order valence-electron chi connectivity index (χ1n) is 5.17. The first-order chi connectivity index (χ1) is 8.61. The summed E-state index contributed by atoms with van der Waals surface area (Å²) in [7, 11) is 0. The third-order valence-corrected chi connectivity index (χ3v) is 3.19. The zero-order valence-corrected chi connectivity index (χ0v) is 11.0. The van der Waals surface area contributed by atoms with Gasteiger partial charge in [-0.1, -0.05) is 29.3 Å². The van der Waals surface area contributed by atoms with E-state index in [0.29, 0.717) is 15.9 Å². The van der Waals surface area contributed by atoms with Gasteiger partial charge >= 0.3 is 0 Å². The highest BCUT2D eigenvalue weighted by molar-refractivity contribution is 6.33. The Morgan fingerprint density at radius 1 is 1.22 bits per heavy atom. The van der Waals surface area contributed by atoms with Crippen molar-refractivity contribution < 1.29 is 0 Å². The minimum absolute atomic E-state index is 0.453. The number of hydrogen-bond donors (Lipinski definition) is 1. The highest BCUT2D eigenvalue weighted by atomic mass is 35.5. The van der Waals surface area contributed by atoms with Crippen LogP contribution in [0.15, 0.2) is 30.5 Å². The molecule has 1 aromatic carbocycles. The average molecular weight is 278 g/mol. The molecule has 0 radical (unpaired) electrons. The summed E-state index contributed by atoms with van der Waals surface area (Å²) in [5, 5.41) is 4.12. The molecule has 0 saturated heterocycles. The van der Waals surface area contributed by atoms with Gasteiger partial charge in [0.2, 0.25) is 0 Å². The third kappa shape index (κ3) is 2.56. The molecule has 0 spiro atoms. The monoisotopic (exact) mass is 277 g/mol. The maximum atomic E-state index is 6.91. The summed E-state index contributed by atoms with van der Waals surface area (Å²) in [4.78, 5) is 7.30. The van der Waals surface area contributed by atoms with Gasteiger partial charge in [-0.2, -0.15) is 0 Å². The first kappa shape index (κ1) is 12.7. The molecule has 18 heavy (non-hydrogen) atoms. The summed E-state index contributed by atoms with van der Waals surface area (Å²) in [5.41, 5.74) is 2.93. The Morgan fingerprint density at radius 2 is 2.00 bits per heavy atom. The lowest BCUT2D eigenvalue weighted by Crippen LogP contribution is -1.95. The molecular formula is C13H9Cl2N3. The predicted molar refractivity (Wildman–Crippen MR) is 75.0 cm³/mol. The number of nitrogens with one attached hydrogen (secondary N) is 1. The quantitative estimate of drug-likeness (QED) is 0.619. The molecule has 0 bridgehead atoms. The molecule has 1 heterocycles. The van der Waals surface area contributed by atoms with Gasteiger partial charge in [-0.05, 0) is 25.1 Å². The molecular weight excluding hydrogens is 269 g/mol. The van der Waals surface area contributed by atoms with Crippen LogP contribution in [0.1, 0.15) is 5.56 Å². The van der Waals surface area contributed by atoms with Crippen molar-refractivity contribution in [1.29, 1.82) is 0 Å². The van der Waals surface area contributed by atoms with Crippen LogP contribution in [0.2, 0.25) is 10.2 Å². The lowest BCUT2D eigenvalue weighted by Gasteiger charge is -2.11. The topological polar surface area (TPSA) is 29.3 Å². The number of hydrogen-bond acceptors (Lipinski definition) is 2. The van der Waals surface area contributed by atoms with Gasteiger partial charge in [0.1, 0.15) is 5.15 Å². The Bertz CT molecular complexity index is 633. The number of pyridine rings is 1. The Kier molecular flexibility index (Phi) is 3.71. The summed E-state index contributed by atoms with van der Waals surface area (Å²) in [6.07, 6.45) is 1.62. The van der Waals surface area contributed by atoms with E-state index in [1.807, 2.05) is 13.0 Å². The molecule has 3 nitrogen and oxygen atoms in total. The van der Waals surface area contributed by atoms with E-state index < -0.39 is 0 Å². The lowest BCUT2D eigenvalue weighted by atomic mass is 10.2. The van der Waals surface area contributed by atoms with E-state index in [2.05, 4.69) is 15.1 Å². The number of benzene rings is 1. The molecule has 0 saturated carbocycles. The second-order valence-electron chi connectivity index (χ2n) is 3.68. The van der Waals surface area contributed by atoms with Gasteiger partial charge in [0, 0.05) is 17.4 Å². The van der Waals surface area contributed by atoms with Crippen LogP contribution in [-0.4, -0.2) is 4.98 Å². The molecule has 0 aliphatic carbocycles. The van der Waals surface area contributed by atoms with Crippen molar-refractivity contribution in [3.63, 3.8) is 0 Å². The fraction of sp³-hybridized carbons (Fsp3) is 0.0769. The van der Waals surface area contributed by atoms with Gasteiger partial charge in [-0.15, -0.1) is 0 Å². The Hall–Kier alpha value is -1.76. The van der Waals surface area contributed by atoms with Gasteiger partial charge in [0.05, 0.1) is 17.3 Å². The van der Waals surface area contributed by atoms with Crippen molar-refractivity contribution in [1.82, 2.24) is 4.98 Å². The van der Waals surface area contributed by atoms with Crippen molar-refractivity contribution in [2.75, 3.05) is 5.32 Å². The van der Waals surface area contributed by atoms with E-state index in [-0.39, 0.29) is 0 Å². The molecule has 2 rings (SSSR count). The predicted octanol–water partition coefficient (Wildman–Crippen LogP) is 4.99. The molecule has 0 fully saturated rings. The first-order valence-corrected chi connectivity index (χ1v) is 5.92. The summed E-state index contributed by atoms with van der Waals surface area (Å²) in [6.45, 7) is 8.79. The molecule has 1 aromatic heterocycles. The van der Waals surface area contributed by atoms with Crippen LogP contribution in [0.5, 0.6) is 0 Å². The van der Waals surface area contributed by atoms with Crippen molar-refractivity contribution in [2.24, 2.45) is 0 Å². The third-order valence-electron chi connectivity index (χ3n) is 2.49. The van der Waals surface area contributed by atoms with E-state index in [9.17, 15) is 0 Å². The van der Waals surface area contributed by atoms with Crippen LogP contribution in [0.3, 0.4) is 0 Å². The fourth-order valence-corrected chi connectivity index (χ4v) is 1.85. The van der Waals surface area contributed by atoms with Crippen LogP contribution >= 0.6 is 23.2 Å². The number of nitrogens with zero attached hydrogens (tertiary/aromatic N) is 2. The second kappa shape index (κ2) is 5.26. The molecule has 2 aromatic rings. The van der Waals surface area contributed by atoms with Crippen LogP contribution in [0.25, 0.3) is 4.85 Å². The molecule has 5 heteroatoms. The zero-order chi connectivity index (χ0) is 13.1. The summed E-state index contributed by atoms with van der Waals surface area (Å²) < 4.78 is 0. The molecule has 1 N–H and O–H groups in total.